The normalized spacial score (nSPS) is 10.9. The zero-order valence-electron chi connectivity index (χ0n) is 10.4. The number of carbonyl (C=O) groups is 1. The van der Waals surface area contributed by atoms with E-state index >= 15 is 0 Å². The maximum atomic E-state index is 13.7. The highest BCUT2D eigenvalue weighted by molar-refractivity contribution is 5.94. The smallest absolute Gasteiger partial charge is 0.153 e. The number of rotatable bonds is 3. The Balaban J connectivity index is 2.09. The van der Waals surface area contributed by atoms with Crippen molar-refractivity contribution in [2.24, 2.45) is 0 Å². The van der Waals surface area contributed by atoms with Crippen LogP contribution in [0.3, 0.4) is 0 Å². The predicted molar refractivity (Wildman–Crippen MR) is 70.6 cm³/mol. The highest BCUT2D eigenvalue weighted by Crippen LogP contribution is 2.20. The maximum Gasteiger partial charge on any atom is 0.153 e. The van der Waals surface area contributed by atoms with Gasteiger partial charge in [-0.1, -0.05) is 6.07 Å². The molecule has 0 amide bonds. The zero-order chi connectivity index (χ0) is 14.1. The van der Waals surface area contributed by atoms with Gasteiger partial charge < -0.3 is 4.57 Å². The fraction of sp³-hybridized carbons (Fsp3) is 0.0667. The zero-order valence-corrected chi connectivity index (χ0v) is 10.4. The van der Waals surface area contributed by atoms with E-state index in [1.807, 2.05) is 0 Å². The molecule has 0 radical (unpaired) electrons. The molecule has 0 saturated heterocycles. The number of fused-ring (bicyclic) bond motifs is 1. The fourth-order valence-corrected chi connectivity index (χ4v) is 2.20. The second-order valence-electron chi connectivity index (χ2n) is 4.44. The number of carbonyl (C=O) groups excluding carboxylic acids is 1. The van der Waals surface area contributed by atoms with Crippen LogP contribution in [0.15, 0.2) is 42.7 Å². The van der Waals surface area contributed by atoms with E-state index in [1.165, 1.54) is 12.1 Å². The van der Waals surface area contributed by atoms with Gasteiger partial charge in [0, 0.05) is 24.0 Å². The second kappa shape index (κ2) is 4.85. The van der Waals surface area contributed by atoms with Crippen molar-refractivity contribution >= 4 is 17.3 Å². The van der Waals surface area contributed by atoms with Gasteiger partial charge in [0.15, 0.2) is 6.29 Å². The van der Waals surface area contributed by atoms with E-state index in [0.29, 0.717) is 22.9 Å². The molecule has 2 heterocycles. The average Bonchev–Trinajstić information content (AvgIpc) is 2.80. The van der Waals surface area contributed by atoms with Crippen LogP contribution >= 0.6 is 0 Å². The summed E-state index contributed by atoms with van der Waals surface area (Å²) in [6.45, 7) is 0.210. The molecule has 3 nitrogen and oxygen atoms in total. The molecule has 0 fully saturated rings. The Kier molecular flexibility index (Phi) is 3.02. The summed E-state index contributed by atoms with van der Waals surface area (Å²) in [4.78, 5) is 15.2. The van der Waals surface area contributed by atoms with Crippen LogP contribution in [0.4, 0.5) is 8.78 Å². The standard InChI is InChI=1S/C15H10F2N2O/c16-12-4-3-10(13(17)6-12)7-19-8-11(9-20)15-14(19)2-1-5-18-15/h1-6,8-9H,7H2. The molecular formula is C15H10F2N2O. The first-order valence-electron chi connectivity index (χ1n) is 6.02. The van der Waals surface area contributed by atoms with Crippen LogP contribution in [0, 0.1) is 11.6 Å². The molecule has 0 spiro atoms. The summed E-state index contributed by atoms with van der Waals surface area (Å²) in [5.41, 5.74) is 2.11. The van der Waals surface area contributed by atoms with E-state index < -0.39 is 11.6 Å². The molecule has 100 valence electrons. The number of aldehydes is 1. The molecular weight excluding hydrogens is 262 g/mol. The number of benzene rings is 1. The maximum absolute atomic E-state index is 13.7. The molecule has 0 atom stereocenters. The van der Waals surface area contributed by atoms with Gasteiger partial charge in [-0.05, 0) is 18.2 Å². The van der Waals surface area contributed by atoms with Gasteiger partial charge in [0.25, 0.3) is 0 Å². The third-order valence-corrected chi connectivity index (χ3v) is 3.15. The molecule has 0 unspecified atom stereocenters. The fourth-order valence-electron chi connectivity index (χ4n) is 2.20. The van der Waals surface area contributed by atoms with Crippen molar-refractivity contribution in [1.29, 1.82) is 0 Å². The van der Waals surface area contributed by atoms with Crippen molar-refractivity contribution in [3.63, 3.8) is 0 Å². The van der Waals surface area contributed by atoms with Gasteiger partial charge in [-0.3, -0.25) is 9.78 Å². The van der Waals surface area contributed by atoms with Crippen molar-refractivity contribution in [1.82, 2.24) is 9.55 Å². The number of nitrogens with zero attached hydrogens (tertiary/aromatic N) is 2. The molecule has 0 aliphatic rings. The molecule has 3 rings (SSSR count). The molecule has 20 heavy (non-hydrogen) atoms. The van der Waals surface area contributed by atoms with Gasteiger partial charge in [0.2, 0.25) is 0 Å². The molecule has 0 N–H and O–H groups in total. The van der Waals surface area contributed by atoms with E-state index in [4.69, 9.17) is 0 Å². The quantitative estimate of drug-likeness (QED) is 0.686. The van der Waals surface area contributed by atoms with Crippen molar-refractivity contribution in [3.8, 4) is 0 Å². The number of halogens is 2. The third kappa shape index (κ3) is 2.07. The van der Waals surface area contributed by atoms with Gasteiger partial charge in [-0.15, -0.1) is 0 Å². The van der Waals surface area contributed by atoms with Gasteiger partial charge >= 0.3 is 0 Å². The first-order chi connectivity index (χ1) is 9.69. The largest absolute Gasteiger partial charge is 0.341 e. The summed E-state index contributed by atoms with van der Waals surface area (Å²) < 4.78 is 28.3. The topological polar surface area (TPSA) is 34.9 Å². The summed E-state index contributed by atoms with van der Waals surface area (Å²) in [5.74, 6) is -1.22. The van der Waals surface area contributed by atoms with Crippen molar-refractivity contribution in [3.05, 3.63) is 65.5 Å². The molecule has 0 bridgehead atoms. The monoisotopic (exact) mass is 272 g/mol. The van der Waals surface area contributed by atoms with Gasteiger partial charge in [-0.25, -0.2) is 8.78 Å². The van der Waals surface area contributed by atoms with Gasteiger partial charge in [0.05, 0.1) is 23.1 Å². The molecule has 0 aliphatic heterocycles. The Hall–Kier alpha value is -2.56. The highest BCUT2D eigenvalue weighted by atomic mass is 19.1. The van der Waals surface area contributed by atoms with Crippen molar-refractivity contribution in [2.45, 2.75) is 6.54 Å². The summed E-state index contributed by atoms with van der Waals surface area (Å²) in [7, 11) is 0. The van der Waals surface area contributed by atoms with Crippen LogP contribution in [0.5, 0.6) is 0 Å². The Labute approximate surface area is 113 Å². The molecule has 0 aliphatic carbocycles. The molecule has 0 saturated carbocycles. The van der Waals surface area contributed by atoms with Gasteiger partial charge in [-0.2, -0.15) is 0 Å². The SMILES string of the molecule is O=Cc1cn(Cc2ccc(F)cc2F)c2cccnc12. The van der Waals surface area contributed by atoms with Crippen LogP contribution in [0.2, 0.25) is 0 Å². The van der Waals surface area contributed by atoms with E-state index in [1.54, 1.807) is 29.1 Å². The molecule has 1 aromatic carbocycles. The molecule has 5 heteroatoms. The summed E-state index contributed by atoms with van der Waals surface area (Å²) in [6.07, 6.45) is 3.93. The van der Waals surface area contributed by atoms with Crippen molar-refractivity contribution in [2.75, 3.05) is 0 Å². The number of pyridine rings is 1. The van der Waals surface area contributed by atoms with E-state index in [9.17, 15) is 13.6 Å². The Morgan fingerprint density at radius 1 is 1.25 bits per heavy atom. The minimum atomic E-state index is -0.612. The van der Waals surface area contributed by atoms with Crippen LogP contribution < -0.4 is 0 Å². The predicted octanol–water partition coefficient (Wildman–Crippen LogP) is 3.18. The van der Waals surface area contributed by atoms with Crippen molar-refractivity contribution < 1.29 is 13.6 Å². The minimum absolute atomic E-state index is 0.210. The van der Waals surface area contributed by atoms with Crippen LogP contribution in [0.1, 0.15) is 15.9 Å². The molecule has 3 aromatic rings. The Bertz CT molecular complexity index is 796. The summed E-state index contributed by atoms with van der Waals surface area (Å²) in [6, 6.07) is 7.00. The van der Waals surface area contributed by atoms with Crippen LogP contribution in [-0.2, 0) is 6.54 Å². The first kappa shape index (κ1) is 12.5. The number of aromatic nitrogens is 2. The Morgan fingerprint density at radius 2 is 2.10 bits per heavy atom. The lowest BCUT2D eigenvalue weighted by Crippen LogP contribution is -2.01. The van der Waals surface area contributed by atoms with Crippen LogP contribution in [-0.4, -0.2) is 15.8 Å². The minimum Gasteiger partial charge on any atom is -0.341 e. The van der Waals surface area contributed by atoms with E-state index in [2.05, 4.69) is 4.98 Å². The lowest BCUT2D eigenvalue weighted by atomic mass is 10.2. The average molecular weight is 272 g/mol. The summed E-state index contributed by atoms with van der Waals surface area (Å²) in [5, 5.41) is 0. The third-order valence-electron chi connectivity index (χ3n) is 3.15. The lowest BCUT2D eigenvalue weighted by molar-refractivity contribution is 0.112. The summed E-state index contributed by atoms with van der Waals surface area (Å²) >= 11 is 0. The van der Waals surface area contributed by atoms with Gasteiger partial charge in [0.1, 0.15) is 11.6 Å². The molecule has 2 aromatic heterocycles. The van der Waals surface area contributed by atoms with E-state index in [-0.39, 0.29) is 6.54 Å². The van der Waals surface area contributed by atoms with Crippen LogP contribution in [0.25, 0.3) is 11.0 Å². The highest BCUT2D eigenvalue weighted by Gasteiger charge is 2.11. The number of hydrogen-bond donors (Lipinski definition) is 0. The second-order valence-corrected chi connectivity index (χ2v) is 4.44. The lowest BCUT2D eigenvalue weighted by Gasteiger charge is -2.06. The van der Waals surface area contributed by atoms with E-state index in [0.717, 1.165) is 11.6 Å². The first-order valence-corrected chi connectivity index (χ1v) is 6.02. The Morgan fingerprint density at radius 3 is 2.85 bits per heavy atom. The number of hydrogen-bond acceptors (Lipinski definition) is 2.